The van der Waals surface area contributed by atoms with E-state index in [1.165, 1.54) is 17.7 Å². The predicted molar refractivity (Wildman–Crippen MR) is 142 cm³/mol. The third-order valence-electron chi connectivity index (χ3n) is 6.43. The topological polar surface area (TPSA) is 86.7 Å². The van der Waals surface area contributed by atoms with Gasteiger partial charge in [0.15, 0.2) is 0 Å². The summed E-state index contributed by atoms with van der Waals surface area (Å²) in [6.45, 7) is 10.1. The van der Waals surface area contributed by atoms with Crippen molar-refractivity contribution in [1.29, 1.82) is 0 Å². The number of hydrogen-bond donors (Lipinski definition) is 2. The first kappa shape index (κ1) is 24.8. The van der Waals surface area contributed by atoms with E-state index in [-0.39, 0.29) is 22.8 Å². The van der Waals surface area contributed by atoms with Crippen LogP contribution in [-0.2, 0) is 21.9 Å². The molecule has 1 amide bonds. The summed E-state index contributed by atoms with van der Waals surface area (Å²) in [7, 11) is -3.64. The second kappa shape index (κ2) is 9.04. The Morgan fingerprint density at radius 1 is 0.943 bits per heavy atom. The van der Waals surface area contributed by atoms with Gasteiger partial charge in [0, 0.05) is 17.8 Å². The second-order valence-corrected chi connectivity index (χ2v) is 12.5. The fourth-order valence-electron chi connectivity index (χ4n) is 4.12. The van der Waals surface area contributed by atoms with Crippen LogP contribution in [-0.4, -0.2) is 31.2 Å². The van der Waals surface area contributed by atoms with Crippen LogP contribution < -0.4 is 9.62 Å². The first-order chi connectivity index (χ1) is 16.4. The molecule has 0 bridgehead atoms. The quantitative estimate of drug-likeness (QED) is 0.447. The van der Waals surface area contributed by atoms with Crippen LogP contribution in [0.1, 0.15) is 56.1 Å². The van der Waals surface area contributed by atoms with Gasteiger partial charge in [-0.25, -0.2) is 8.42 Å². The molecule has 0 spiro atoms. The molecule has 3 aromatic carbocycles. The minimum Gasteiger partial charge on any atom is -0.506 e. The maximum atomic E-state index is 13.3. The lowest BCUT2D eigenvalue weighted by atomic mass is 9.86. The van der Waals surface area contributed by atoms with E-state index in [0.717, 1.165) is 16.7 Å². The van der Waals surface area contributed by atoms with Crippen molar-refractivity contribution in [3.8, 4) is 16.9 Å². The zero-order valence-corrected chi connectivity index (χ0v) is 21.6. The number of carbonyl (C=O) groups excluding carboxylic acids is 1. The summed E-state index contributed by atoms with van der Waals surface area (Å²) in [4.78, 5) is 15.0. The highest BCUT2D eigenvalue weighted by Crippen LogP contribution is 2.34. The van der Waals surface area contributed by atoms with Crippen LogP contribution in [0.25, 0.3) is 11.1 Å². The first-order valence-electron chi connectivity index (χ1n) is 11.8. The molecule has 0 saturated carbocycles. The Hall–Kier alpha value is -3.32. The van der Waals surface area contributed by atoms with E-state index in [4.69, 9.17) is 0 Å². The number of phenols is 1. The lowest BCUT2D eigenvalue weighted by Gasteiger charge is -2.29. The Kier molecular flexibility index (Phi) is 6.40. The lowest BCUT2D eigenvalue weighted by molar-refractivity contribution is 0.0980. The minimum atomic E-state index is -3.64. The van der Waals surface area contributed by atoms with Crippen molar-refractivity contribution in [1.82, 2.24) is 0 Å². The van der Waals surface area contributed by atoms with Gasteiger partial charge in [-0.3, -0.25) is 9.52 Å². The number of anilines is 2. The number of sulfonamides is 1. The molecular formula is C28H32N2O4S. The molecule has 6 nitrogen and oxygen atoms in total. The highest BCUT2D eigenvalue weighted by molar-refractivity contribution is 7.93. The molecule has 4 rings (SSSR count). The Labute approximate surface area is 207 Å². The van der Waals surface area contributed by atoms with Gasteiger partial charge in [-0.15, -0.1) is 0 Å². The Morgan fingerprint density at radius 3 is 2.23 bits per heavy atom. The first-order valence-corrected chi connectivity index (χ1v) is 13.3. The van der Waals surface area contributed by atoms with E-state index in [1.807, 2.05) is 12.1 Å². The zero-order valence-electron chi connectivity index (χ0n) is 20.8. The molecule has 35 heavy (non-hydrogen) atoms. The number of benzene rings is 3. The summed E-state index contributed by atoms with van der Waals surface area (Å²) in [6, 6.07) is 19.0. The maximum Gasteiger partial charge on any atom is 0.258 e. The molecule has 1 aliphatic heterocycles. The van der Waals surface area contributed by atoms with Crippen molar-refractivity contribution in [3.63, 3.8) is 0 Å². The average Bonchev–Trinajstić information content (AvgIpc) is 2.80. The third-order valence-corrected chi connectivity index (χ3v) is 8.18. The highest BCUT2D eigenvalue weighted by Gasteiger charge is 2.27. The Balaban J connectivity index is 1.60. The summed E-state index contributed by atoms with van der Waals surface area (Å²) < 4.78 is 27.0. The van der Waals surface area contributed by atoms with E-state index in [2.05, 4.69) is 55.8 Å². The SMILES string of the molecule is CC(C)S(=O)(=O)Nc1cc(N2CCc3cc(-c4ccc(C(C)(C)C)cc4)ccc3C2=O)ccc1O. The number of fused-ring (bicyclic) bond motifs is 1. The van der Waals surface area contributed by atoms with Crippen molar-refractivity contribution in [2.24, 2.45) is 0 Å². The monoisotopic (exact) mass is 492 g/mol. The van der Waals surface area contributed by atoms with Crippen LogP contribution in [0.15, 0.2) is 60.7 Å². The summed E-state index contributed by atoms with van der Waals surface area (Å²) >= 11 is 0. The van der Waals surface area contributed by atoms with Crippen LogP contribution >= 0.6 is 0 Å². The molecular weight excluding hydrogens is 460 g/mol. The molecule has 184 valence electrons. The molecule has 0 unspecified atom stereocenters. The number of amides is 1. The van der Waals surface area contributed by atoms with Gasteiger partial charge in [-0.1, -0.05) is 57.2 Å². The molecule has 0 saturated heterocycles. The molecule has 2 N–H and O–H groups in total. The molecule has 0 fully saturated rings. The molecule has 0 radical (unpaired) electrons. The van der Waals surface area contributed by atoms with Gasteiger partial charge in [-0.2, -0.15) is 0 Å². The van der Waals surface area contributed by atoms with Gasteiger partial charge in [0.2, 0.25) is 10.0 Å². The number of aromatic hydroxyl groups is 1. The third kappa shape index (κ3) is 5.05. The van der Waals surface area contributed by atoms with Crippen LogP contribution in [0, 0.1) is 0 Å². The van der Waals surface area contributed by atoms with E-state index in [1.54, 1.807) is 24.8 Å². The van der Waals surface area contributed by atoms with Crippen LogP contribution in [0.3, 0.4) is 0 Å². The number of carbonyl (C=O) groups is 1. The maximum absolute atomic E-state index is 13.3. The van der Waals surface area contributed by atoms with Gasteiger partial charge in [0.25, 0.3) is 5.91 Å². The van der Waals surface area contributed by atoms with Crippen molar-refractivity contribution in [3.05, 3.63) is 77.4 Å². The van der Waals surface area contributed by atoms with E-state index in [0.29, 0.717) is 24.2 Å². The molecule has 0 aliphatic carbocycles. The number of phenolic OH excluding ortho intramolecular Hbond substituents is 1. The number of nitrogens with zero attached hydrogens (tertiary/aromatic N) is 1. The molecule has 0 aromatic heterocycles. The van der Waals surface area contributed by atoms with Gasteiger partial charge >= 0.3 is 0 Å². The summed E-state index contributed by atoms with van der Waals surface area (Å²) in [5.74, 6) is -0.339. The smallest absolute Gasteiger partial charge is 0.258 e. The normalized spacial score (nSPS) is 14.2. The lowest BCUT2D eigenvalue weighted by Crippen LogP contribution is -2.37. The van der Waals surface area contributed by atoms with Crippen LogP contribution in [0.5, 0.6) is 5.75 Å². The second-order valence-electron chi connectivity index (χ2n) is 10.3. The molecule has 1 aliphatic rings. The fraction of sp³-hybridized carbons (Fsp3) is 0.321. The van der Waals surface area contributed by atoms with E-state index >= 15 is 0 Å². The van der Waals surface area contributed by atoms with Gasteiger partial charge < -0.3 is 10.0 Å². The summed E-state index contributed by atoms with van der Waals surface area (Å²) in [5.41, 5.74) is 5.75. The molecule has 1 heterocycles. The van der Waals surface area contributed by atoms with Gasteiger partial charge in [-0.05, 0) is 72.2 Å². The fourth-order valence-corrected chi connectivity index (χ4v) is 4.83. The average molecular weight is 493 g/mol. The Bertz CT molecular complexity index is 1370. The van der Waals surface area contributed by atoms with Crippen LogP contribution in [0.2, 0.25) is 0 Å². The zero-order chi connectivity index (χ0) is 25.5. The van der Waals surface area contributed by atoms with E-state index < -0.39 is 15.3 Å². The van der Waals surface area contributed by atoms with Crippen molar-refractivity contribution in [2.45, 2.75) is 51.7 Å². The van der Waals surface area contributed by atoms with Crippen molar-refractivity contribution < 1.29 is 18.3 Å². The van der Waals surface area contributed by atoms with Crippen molar-refractivity contribution in [2.75, 3.05) is 16.2 Å². The predicted octanol–water partition coefficient (Wildman–Crippen LogP) is 5.71. The number of rotatable bonds is 5. The van der Waals surface area contributed by atoms with E-state index in [9.17, 15) is 18.3 Å². The standard InChI is InChI=1S/C28H32N2O4S/c1-18(2)35(33,34)29-25-17-23(11-13-26(25)31)30-15-14-21-16-20(8-12-24(21)27(30)32)19-6-9-22(10-7-19)28(3,4)5/h6-13,16-18,29,31H,14-15H2,1-5H3. The van der Waals surface area contributed by atoms with Crippen LogP contribution in [0.4, 0.5) is 11.4 Å². The number of hydrogen-bond acceptors (Lipinski definition) is 4. The summed E-state index contributed by atoms with van der Waals surface area (Å²) in [6.07, 6.45) is 0.670. The number of nitrogens with one attached hydrogen (secondary N) is 1. The molecule has 0 atom stereocenters. The largest absolute Gasteiger partial charge is 0.506 e. The van der Waals surface area contributed by atoms with Gasteiger partial charge in [0.1, 0.15) is 5.75 Å². The summed E-state index contributed by atoms with van der Waals surface area (Å²) in [5, 5.41) is 9.51. The highest BCUT2D eigenvalue weighted by atomic mass is 32.2. The molecule has 7 heteroatoms. The minimum absolute atomic E-state index is 0.0591. The Morgan fingerprint density at radius 2 is 1.60 bits per heavy atom. The van der Waals surface area contributed by atoms with Crippen molar-refractivity contribution >= 4 is 27.3 Å². The molecule has 3 aromatic rings. The van der Waals surface area contributed by atoms with Gasteiger partial charge in [0.05, 0.1) is 10.9 Å².